The van der Waals surface area contributed by atoms with Gasteiger partial charge in [0.25, 0.3) is 0 Å². The quantitative estimate of drug-likeness (QED) is 0.606. The maximum absolute atomic E-state index is 5.37. The van der Waals surface area contributed by atoms with Crippen LogP contribution >= 0.6 is 0 Å². The van der Waals surface area contributed by atoms with E-state index in [-0.39, 0.29) is 0 Å². The Bertz CT molecular complexity index is 926. The molecule has 2 aromatic carbocycles. The predicted molar refractivity (Wildman–Crippen MR) is 105 cm³/mol. The zero-order chi connectivity index (χ0) is 19.9. The number of methoxy groups -OCH3 is 4. The number of rotatable bonds is 8. The number of para-hydroxylation sites is 2. The Hall–Kier alpha value is -3.75. The molecule has 28 heavy (non-hydrogen) atoms. The fourth-order valence-corrected chi connectivity index (χ4v) is 2.59. The Morgan fingerprint density at radius 2 is 1.46 bits per heavy atom. The molecule has 1 heterocycles. The van der Waals surface area contributed by atoms with Gasteiger partial charge >= 0.3 is 0 Å². The molecule has 0 amide bonds. The zero-order valence-electron chi connectivity index (χ0n) is 16.0. The molecule has 3 rings (SSSR count). The monoisotopic (exact) mass is 383 g/mol. The van der Waals surface area contributed by atoms with E-state index in [1.165, 1.54) is 6.20 Å². The molecule has 0 aliphatic heterocycles. The third-order valence-corrected chi connectivity index (χ3v) is 3.85. The number of benzene rings is 2. The molecular formula is C19H21N5O4. The molecule has 0 fully saturated rings. The number of aromatic nitrogens is 3. The summed E-state index contributed by atoms with van der Waals surface area (Å²) in [7, 11) is 6.27. The molecule has 0 radical (unpaired) electrons. The average Bonchev–Trinajstić information content (AvgIpc) is 2.73. The van der Waals surface area contributed by atoms with Crippen molar-refractivity contribution < 1.29 is 18.9 Å². The first-order chi connectivity index (χ1) is 13.7. The molecule has 0 aliphatic carbocycles. The van der Waals surface area contributed by atoms with Crippen LogP contribution in [-0.2, 0) is 0 Å². The summed E-state index contributed by atoms with van der Waals surface area (Å²) in [6.45, 7) is 0. The van der Waals surface area contributed by atoms with E-state index >= 15 is 0 Å². The van der Waals surface area contributed by atoms with Crippen LogP contribution in [0.25, 0.3) is 0 Å². The van der Waals surface area contributed by atoms with Crippen molar-refractivity contribution in [3.05, 3.63) is 42.6 Å². The number of ether oxygens (including phenoxy) is 4. The highest BCUT2D eigenvalue weighted by molar-refractivity contribution is 5.67. The fourth-order valence-electron chi connectivity index (χ4n) is 2.59. The summed E-state index contributed by atoms with van der Waals surface area (Å²) in [5, 5.41) is 14.2. The van der Waals surface area contributed by atoms with Gasteiger partial charge in [-0.05, 0) is 12.1 Å². The highest BCUT2D eigenvalue weighted by Gasteiger charge is 2.14. The van der Waals surface area contributed by atoms with Gasteiger partial charge < -0.3 is 29.6 Å². The Morgan fingerprint density at radius 3 is 2.11 bits per heavy atom. The molecule has 0 saturated heterocycles. The van der Waals surface area contributed by atoms with Gasteiger partial charge in [-0.3, -0.25) is 0 Å². The lowest BCUT2D eigenvalue weighted by Crippen LogP contribution is -2.04. The topological polar surface area (TPSA) is 99.7 Å². The molecule has 3 aromatic rings. The molecule has 0 spiro atoms. The molecule has 0 atom stereocenters. The summed E-state index contributed by atoms with van der Waals surface area (Å²) in [6.07, 6.45) is 1.51. The summed E-state index contributed by atoms with van der Waals surface area (Å²) in [5.41, 5.74) is 1.43. The first-order valence-electron chi connectivity index (χ1n) is 8.35. The first kappa shape index (κ1) is 19.0. The molecule has 0 saturated carbocycles. The minimum Gasteiger partial charge on any atom is -0.495 e. The van der Waals surface area contributed by atoms with Gasteiger partial charge in [-0.1, -0.05) is 12.1 Å². The summed E-state index contributed by atoms with van der Waals surface area (Å²) in [5.74, 6) is 3.05. The van der Waals surface area contributed by atoms with Crippen molar-refractivity contribution in [1.29, 1.82) is 0 Å². The number of nitrogens with zero attached hydrogens (tertiary/aromatic N) is 3. The Morgan fingerprint density at radius 1 is 0.786 bits per heavy atom. The lowest BCUT2D eigenvalue weighted by molar-refractivity contribution is 0.324. The van der Waals surface area contributed by atoms with Gasteiger partial charge in [-0.25, -0.2) is 0 Å². The van der Waals surface area contributed by atoms with Crippen LogP contribution in [0.4, 0.5) is 23.1 Å². The summed E-state index contributed by atoms with van der Waals surface area (Å²) < 4.78 is 21.4. The van der Waals surface area contributed by atoms with Gasteiger partial charge in [0.2, 0.25) is 11.7 Å². The Balaban J connectivity index is 1.85. The second kappa shape index (κ2) is 8.76. The third kappa shape index (κ3) is 4.14. The van der Waals surface area contributed by atoms with E-state index in [0.717, 1.165) is 5.69 Å². The van der Waals surface area contributed by atoms with E-state index < -0.39 is 0 Å². The summed E-state index contributed by atoms with van der Waals surface area (Å²) >= 11 is 0. The smallest absolute Gasteiger partial charge is 0.249 e. The maximum Gasteiger partial charge on any atom is 0.249 e. The maximum atomic E-state index is 5.37. The molecule has 2 N–H and O–H groups in total. The zero-order valence-corrected chi connectivity index (χ0v) is 16.0. The van der Waals surface area contributed by atoms with Gasteiger partial charge in [-0.2, -0.15) is 10.1 Å². The Labute approximate surface area is 162 Å². The van der Waals surface area contributed by atoms with Crippen LogP contribution in [0.15, 0.2) is 42.6 Å². The van der Waals surface area contributed by atoms with Crippen LogP contribution in [0.1, 0.15) is 0 Å². The first-order valence-corrected chi connectivity index (χ1v) is 8.35. The molecule has 1 aromatic heterocycles. The highest BCUT2D eigenvalue weighted by atomic mass is 16.5. The standard InChI is InChI=1S/C19H21N5O4/c1-25-14-8-6-5-7-13(14)22-19-23-17(11-20-24-19)21-12-9-15(26-2)18(28-4)16(10-12)27-3/h5-11H,1-4H3,(H2,21,22,23,24). The van der Waals surface area contributed by atoms with Crippen molar-refractivity contribution in [3.63, 3.8) is 0 Å². The minimum atomic E-state index is 0.321. The largest absolute Gasteiger partial charge is 0.495 e. The number of anilines is 4. The molecule has 0 unspecified atom stereocenters. The minimum absolute atomic E-state index is 0.321. The molecule has 9 nitrogen and oxygen atoms in total. The van der Waals surface area contributed by atoms with E-state index in [1.54, 1.807) is 40.6 Å². The van der Waals surface area contributed by atoms with E-state index in [9.17, 15) is 0 Å². The SMILES string of the molecule is COc1ccccc1Nc1nncc(Nc2cc(OC)c(OC)c(OC)c2)n1. The number of hydrogen-bond acceptors (Lipinski definition) is 9. The van der Waals surface area contributed by atoms with E-state index in [0.29, 0.717) is 40.5 Å². The molecule has 146 valence electrons. The van der Waals surface area contributed by atoms with Crippen LogP contribution in [0, 0.1) is 0 Å². The van der Waals surface area contributed by atoms with Gasteiger partial charge in [0.15, 0.2) is 17.3 Å². The van der Waals surface area contributed by atoms with Crippen molar-refractivity contribution in [3.8, 4) is 23.0 Å². The lowest BCUT2D eigenvalue weighted by Gasteiger charge is -2.15. The highest BCUT2D eigenvalue weighted by Crippen LogP contribution is 2.40. The second-order valence-corrected chi connectivity index (χ2v) is 5.53. The second-order valence-electron chi connectivity index (χ2n) is 5.53. The van der Waals surface area contributed by atoms with E-state index in [4.69, 9.17) is 18.9 Å². The van der Waals surface area contributed by atoms with Crippen LogP contribution in [-0.4, -0.2) is 43.6 Å². The lowest BCUT2D eigenvalue weighted by atomic mass is 10.2. The fraction of sp³-hybridized carbons (Fsp3) is 0.211. The predicted octanol–water partition coefficient (Wildman–Crippen LogP) is 3.39. The van der Waals surface area contributed by atoms with Crippen molar-refractivity contribution in [2.45, 2.75) is 0 Å². The third-order valence-electron chi connectivity index (χ3n) is 3.85. The normalized spacial score (nSPS) is 10.1. The van der Waals surface area contributed by atoms with Crippen LogP contribution in [0.3, 0.4) is 0 Å². The van der Waals surface area contributed by atoms with Crippen molar-refractivity contribution in [2.24, 2.45) is 0 Å². The van der Waals surface area contributed by atoms with Crippen molar-refractivity contribution in [2.75, 3.05) is 39.1 Å². The van der Waals surface area contributed by atoms with Crippen LogP contribution < -0.4 is 29.6 Å². The van der Waals surface area contributed by atoms with Crippen molar-refractivity contribution >= 4 is 23.1 Å². The van der Waals surface area contributed by atoms with Gasteiger partial charge in [0.1, 0.15) is 5.75 Å². The molecular weight excluding hydrogens is 362 g/mol. The van der Waals surface area contributed by atoms with E-state index in [2.05, 4.69) is 25.8 Å². The van der Waals surface area contributed by atoms with Crippen molar-refractivity contribution in [1.82, 2.24) is 15.2 Å². The number of hydrogen-bond donors (Lipinski definition) is 2. The Kier molecular flexibility index (Phi) is 5.95. The molecule has 0 bridgehead atoms. The van der Waals surface area contributed by atoms with Gasteiger partial charge in [0, 0.05) is 17.8 Å². The molecule has 9 heteroatoms. The van der Waals surface area contributed by atoms with Gasteiger partial charge in [-0.15, -0.1) is 5.10 Å². The molecule has 0 aliphatic rings. The van der Waals surface area contributed by atoms with Crippen LogP contribution in [0.5, 0.6) is 23.0 Å². The van der Waals surface area contributed by atoms with Crippen LogP contribution in [0.2, 0.25) is 0 Å². The summed E-state index contributed by atoms with van der Waals surface area (Å²) in [6, 6.07) is 11.0. The average molecular weight is 383 g/mol. The number of nitrogens with one attached hydrogen (secondary N) is 2. The van der Waals surface area contributed by atoms with Gasteiger partial charge in [0.05, 0.1) is 40.3 Å². The van der Waals surface area contributed by atoms with E-state index in [1.807, 2.05) is 24.3 Å². The summed E-state index contributed by atoms with van der Waals surface area (Å²) in [4.78, 5) is 4.43.